The van der Waals surface area contributed by atoms with Gasteiger partial charge in [0.25, 0.3) is 11.8 Å². The van der Waals surface area contributed by atoms with Gasteiger partial charge in [-0.1, -0.05) is 11.6 Å². The van der Waals surface area contributed by atoms with Crippen molar-refractivity contribution in [2.75, 3.05) is 19.7 Å². The van der Waals surface area contributed by atoms with Crippen LogP contribution < -0.4 is 20.1 Å². The molecule has 1 aliphatic rings. The summed E-state index contributed by atoms with van der Waals surface area (Å²) in [6.07, 6.45) is -0.462. The molecule has 2 amide bonds. The van der Waals surface area contributed by atoms with E-state index in [9.17, 15) is 23.5 Å². The number of benzene rings is 2. The lowest BCUT2D eigenvalue weighted by Gasteiger charge is -2.25. The summed E-state index contributed by atoms with van der Waals surface area (Å²) in [4.78, 5) is 24.1. The molecule has 0 bridgehead atoms. The largest absolute Gasteiger partial charge is 0.484 e. The molecule has 2 aromatic rings. The fourth-order valence-corrected chi connectivity index (χ4v) is 3.24. The van der Waals surface area contributed by atoms with E-state index in [-0.39, 0.29) is 48.6 Å². The van der Waals surface area contributed by atoms with Crippen molar-refractivity contribution in [1.82, 2.24) is 10.6 Å². The van der Waals surface area contributed by atoms with E-state index in [1.54, 1.807) is 0 Å². The van der Waals surface area contributed by atoms with Crippen LogP contribution >= 0.6 is 11.6 Å². The Balaban J connectivity index is 1.31. The van der Waals surface area contributed by atoms with Gasteiger partial charge in [0.1, 0.15) is 23.1 Å². The van der Waals surface area contributed by atoms with Crippen molar-refractivity contribution in [1.29, 1.82) is 0 Å². The van der Waals surface area contributed by atoms with Crippen molar-refractivity contribution < 1.29 is 33.0 Å². The first-order valence-corrected chi connectivity index (χ1v) is 10.4. The zero-order chi connectivity index (χ0) is 23.1. The number of rotatable bonds is 9. The van der Waals surface area contributed by atoms with Crippen molar-refractivity contribution >= 4 is 23.4 Å². The standard InChI is InChI=1S/C22H23ClF2N2O5/c23-17-4-3-16(10-18(17)25)31-12-21(29)26-8-7-15(28)11-27-22(30)20-5-1-13-9-14(24)2-6-19(13)32-20/h2-4,6,9-10,15,20,28H,1,5,7-8,11-12H2,(H,26,29)(H,27,30)/t15-,20?/m0/s1. The zero-order valence-electron chi connectivity index (χ0n) is 17.1. The topological polar surface area (TPSA) is 96.9 Å². The van der Waals surface area contributed by atoms with Crippen LogP contribution in [0.1, 0.15) is 18.4 Å². The SMILES string of the molecule is O=C(COc1ccc(Cl)c(F)c1)NCC[C@H](O)CNC(=O)C1CCc2cc(F)ccc2O1. The van der Waals surface area contributed by atoms with Gasteiger partial charge in [-0.25, -0.2) is 8.78 Å². The van der Waals surface area contributed by atoms with Gasteiger partial charge in [0, 0.05) is 19.2 Å². The first-order chi connectivity index (χ1) is 15.3. The van der Waals surface area contributed by atoms with Gasteiger partial charge in [-0.05, 0) is 55.2 Å². The summed E-state index contributed by atoms with van der Waals surface area (Å²) in [7, 11) is 0. The quantitative estimate of drug-likeness (QED) is 0.525. The molecule has 0 radical (unpaired) electrons. The third kappa shape index (κ3) is 6.80. The number of carbonyl (C=O) groups is 2. The van der Waals surface area contributed by atoms with E-state index in [0.717, 1.165) is 11.6 Å². The Kier molecular flexibility index (Phi) is 8.24. The Bertz CT molecular complexity index is 975. The molecule has 1 unspecified atom stereocenters. The molecule has 0 saturated carbocycles. The first-order valence-electron chi connectivity index (χ1n) is 10.1. The minimum absolute atomic E-state index is 0.00854. The molecular weight excluding hydrogens is 446 g/mol. The van der Waals surface area contributed by atoms with Crippen LogP contribution in [-0.2, 0) is 16.0 Å². The predicted octanol–water partition coefficient (Wildman–Crippen LogP) is 2.37. The van der Waals surface area contributed by atoms with Crippen LogP contribution in [-0.4, -0.2) is 48.8 Å². The smallest absolute Gasteiger partial charge is 0.261 e. The van der Waals surface area contributed by atoms with Crippen LogP contribution in [0.2, 0.25) is 5.02 Å². The average Bonchev–Trinajstić information content (AvgIpc) is 2.77. The molecule has 2 atom stereocenters. The summed E-state index contributed by atoms with van der Waals surface area (Å²) >= 11 is 5.58. The predicted molar refractivity (Wildman–Crippen MR) is 113 cm³/mol. The Labute approximate surface area is 188 Å². The molecule has 172 valence electrons. The summed E-state index contributed by atoms with van der Waals surface area (Å²) in [5.74, 6) is -1.16. The lowest BCUT2D eigenvalue weighted by Crippen LogP contribution is -2.43. The van der Waals surface area contributed by atoms with Gasteiger partial charge in [-0.3, -0.25) is 9.59 Å². The first kappa shape index (κ1) is 23.7. The van der Waals surface area contributed by atoms with Crippen LogP contribution in [0.4, 0.5) is 8.78 Å². The van der Waals surface area contributed by atoms with Gasteiger partial charge in [0.05, 0.1) is 11.1 Å². The Morgan fingerprint density at radius 3 is 2.81 bits per heavy atom. The highest BCUT2D eigenvalue weighted by atomic mass is 35.5. The van der Waals surface area contributed by atoms with Crippen molar-refractivity contribution in [3.05, 3.63) is 58.6 Å². The van der Waals surface area contributed by atoms with Crippen molar-refractivity contribution in [3.8, 4) is 11.5 Å². The molecule has 1 heterocycles. The lowest BCUT2D eigenvalue weighted by molar-refractivity contribution is -0.129. The normalized spacial score (nSPS) is 15.8. The van der Waals surface area contributed by atoms with Crippen LogP contribution in [0.5, 0.6) is 11.5 Å². The number of halogens is 3. The number of aliphatic hydroxyl groups is 1. The number of ether oxygens (including phenoxy) is 2. The number of carbonyl (C=O) groups excluding carboxylic acids is 2. The monoisotopic (exact) mass is 468 g/mol. The number of fused-ring (bicyclic) bond motifs is 1. The highest BCUT2D eigenvalue weighted by Gasteiger charge is 2.26. The maximum Gasteiger partial charge on any atom is 0.261 e. The molecule has 3 N–H and O–H groups in total. The molecule has 32 heavy (non-hydrogen) atoms. The summed E-state index contributed by atoms with van der Waals surface area (Å²) in [5.41, 5.74) is 0.718. The third-order valence-electron chi connectivity index (χ3n) is 4.83. The second kappa shape index (κ2) is 11.1. The Hall–Kier alpha value is -2.91. The molecule has 2 aromatic carbocycles. The van der Waals surface area contributed by atoms with E-state index in [1.807, 2.05) is 0 Å². The zero-order valence-corrected chi connectivity index (χ0v) is 17.8. The van der Waals surface area contributed by atoms with Gasteiger partial charge in [-0.15, -0.1) is 0 Å². The molecule has 7 nitrogen and oxygen atoms in total. The third-order valence-corrected chi connectivity index (χ3v) is 5.14. The molecular formula is C22H23ClF2N2O5. The van der Waals surface area contributed by atoms with Gasteiger partial charge in [0.2, 0.25) is 0 Å². The summed E-state index contributed by atoms with van der Waals surface area (Å²) < 4.78 is 37.4. The number of amides is 2. The summed E-state index contributed by atoms with van der Waals surface area (Å²) in [6.45, 7) is -0.170. The maximum absolute atomic E-state index is 13.3. The van der Waals surface area contributed by atoms with Gasteiger partial charge < -0.3 is 25.2 Å². The van der Waals surface area contributed by atoms with Crippen LogP contribution in [0.3, 0.4) is 0 Å². The van der Waals surface area contributed by atoms with Crippen LogP contribution in [0.25, 0.3) is 0 Å². The number of aliphatic hydroxyl groups excluding tert-OH is 1. The van der Waals surface area contributed by atoms with Gasteiger partial charge >= 0.3 is 0 Å². The fraction of sp³-hybridized carbons (Fsp3) is 0.364. The van der Waals surface area contributed by atoms with E-state index in [0.29, 0.717) is 18.6 Å². The van der Waals surface area contributed by atoms with Crippen molar-refractivity contribution in [2.24, 2.45) is 0 Å². The number of nitrogens with one attached hydrogen (secondary N) is 2. The van der Waals surface area contributed by atoms with Crippen molar-refractivity contribution in [2.45, 2.75) is 31.5 Å². The summed E-state index contributed by atoms with van der Waals surface area (Å²) in [5, 5.41) is 15.2. The van der Waals surface area contributed by atoms with E-state index < -0.39 is 23.9 Å². The fourth-order valence-electron chi connectivity index (χ4n) is 3.12. The molecule has 0 fully saturated rings. The molecule has 10 heteroatoms. The number of hydrogen-bond donors (Lipinski definition) is 3. The second-order valence-corrected chi connectivity index (χ2v) is 7.71. The average molecular weight is 469 g/mol. The second-order valence-electron chi connectivity index (χ2n) is 7.30. The molecule has 1 aliphatic heterocycles. The minimum atomic E-state index is -0.879. The molecule has 0 spiro atoms. The molecule has 0 saturated heterocycles. The van der Waals surface area contributed by atoms with Crippen LogP contribution in [0.15, 0.2) is 36.4 Å². The van der Waals surface area contributed by atoms with Crippen LogP contribution in [0, 0.1) is 11.6 Å². The number of aryl methyl sites for hydroxylation is 1. The van der Waals surface area contributed by atoms with E-state index in [4.69, 9.17) is 21.1 Å². The molecule has 0 aromatic heterocycles. The Morgan fingerprint density at radius 2 is 2.03 bits per heavy atom. The van der Waals surface area contributed by atoms with E-state index >= 15 is 0 Å². The van der Waals surface area contributed by atoms with Gasteiger partial charge in [-0.2, -0.15) is 0 Å². The van der Waals surface area contributed by atoms with E-state index in [1.165, 1.54) is 30.3 Å². The maximum atomic E-state index is 13.3. The summed E-state index contributed by atoms with van der Waals surface area (Å²) in [6, 6.07) is 8.00. The highest BCUT2D eigenvalue weighted by Crippen LogP contribution is 2.28. The lowest BCUT2D eigenvalue weighted by atomic mass is 10.0. The number of hydrogen-bond acceptors (Lipinski definition) is 5. The molecule has 3 rings (SSSR count). The molecule has 0 aliphatic carbocycles. The Morgan fingerprint density at radius 1 is 1.22 bits per heavy atom. The highest BCUT2D eigenvalue weighted by molar-refractivity contribution is 6.30. The van der Waals surface area contributed by atoms with Crippen molar-refractivity contribution in [3.63, 3.8) is 0 Å². The van der Waals surface area contributed by atoms with Gasteiger partial charge in [0.15, 0.2) is 12.7 Å². The minimum Gasteiger partial charge on any atom is -0.484 e. The van der Waals surface area contributed by atoms with E-state index in [2.05, 4.69) is 10.6 Å².